The van der Waals surface area contributed by atoms with Crippen molar-refractivity contribution in [3.05, 3.63) is 59.7 Å². The van der Waals surface area contributed by atoms with Crippen LogP contribution in [0.1, 0.15) is 36.8 Å². The first-order valence-electron chi connectivity index (χ1n) is 9.21. The van der Waals surface area contributed by atoms with E-state index in [1.807, 2.05) is 42.5 Å². The molecule has 1 aliphatic rings. The minimum absolute atomic E-state index is 0.173. The number of hydrogen-bond donors (Lipinski definition) is 2. The fourth-order valence-corrected chi connectivity index (χ4v) is 3.72. The third kappa shape index (κ3) is 3.29. The van der Waals surface area contributed by atoms with Gasteiger partial charge in [0.1, 0.15) is 0 Å². The molecule has 2 aromatic carbocycles. The molecule has 0 aliphatic heterocycles. The third-order valence-electron chi connectivity index (χ3n) is 5.21. The second-order valence-corrected chi connectivity index (χ2v) is 7.02. The smallest absolute Gasteiger partial charge is 0.204 e. The lowest BCUT2D eigenvalue weighted by atomic mass is 9.91. The van der Waals surface area contributed by atoms with Crippen LogP contribution in [0, 0.1) is 11.3 Å². The maximum atomic E-state index is 8.99. The Morgan fingerprint density at radius 1 is 1.12 bits per heavy atom. The molecule has 0 spiro atoms. The van der Waals surface area contributed by atoms with Gasteiger partial charge in [0.25, 0.3) is 0 Å². The largest absolute Gasteiger partial charge is 0.351 e. The lowest BCUT2D eigenvalue weighted by Gasteiger charge is -2.29. The van der Waals surface area contributed by atoms with E-state index in [9.17, 15) is 0 Å². The fourth-order valence-electron chi connectivity index (χ4n) is 3.72. The van der Waals surface area contributed by atoms with Gasteiger partial charge in [-0.05, 0) is 42.7 Å². The number of nitrogens with zero attached hydrogens (tertiary/aromatic N) is 3. The van der Waals surface area contributed by atoms with Gasteiger partial charge in [-0.25, -0.2) is 4.98 Å². The molecular formula is C21H23N5. The Morgan fingerprint density at radius 2 is 1.88 bits per heavy atom. The minimum Gasteiger partial charge on any atom is -0.351 e. The average molecular weight is 345 g/mol. The van der Waals surface area contributed by atoms with Crippen molar-refractivity contribution >= 4 is 17.0 Å². The van der Waals surface area contributed by atoms with Crippen LogP contribution < -0.4 is 11.1 Å². The van der Waals surface area contributed by atoms with Crippen LogP contribution in [0.25, 0.3) is 11.0 Å². The van der Waals surface area contributed by atoms with Crippen molar-refractivity contribution in [3.8, 4) is 6.07 Å². The van der Waals surface area contributed by atoms with E-state index in [4.69, 9.17) is 16.0 Å². The zero-order valence-corrected chi connectivity index (χ0v) is 14.7. The van der Waals surface area contributed by atoms with Gasteiger partial charge in [-0.3, -0.25) is 0 Å². The Hall–Kier alpha value is -2.84. The molecular weight excluding hydrogens is 322 g/mol. The maximum absolute atomic E-state index is 8.99. The summed E-state index contributed by atoms with van der Waals surface area (Å²) in [5, 5.41) is 12.6. The Morgan fingerprint density at radius 3 is 2.65 bits per heavy atom. The minimum atomic E-state index is 0.173. The molecule has 5 nitrogen and oxygen atoms in total. The van der Waals surface area contributed by atoms with Crippen LogP contribution >= 0.6 is 0 Å². The predicted molar refractivity (Wildman–Crippen MR) is 104 cm³/mol. The highest BCUT2D eigenvalue weighted by Crippen LogP contribution is 2.25. The average Bonchev–Trinajstić information content (AvgIpc) is 3.01. The van der Waals surface area contributed by atoms with Gasteiger partial charge in [0.15, 0.2) is 0 Å². The van der Waals surface area contributed by atoms with Crippen LogP contribution in [0.4, 0.5) is 5.95 Å². The molecule has 3 aromatic rings. The molecule has 0 amide bonds. The van der Waals surface area contributed by atoms with Crippen LogP contribution in [0.15, 0.2) is 48.5 Å². The van der Waals surface area contributed by atoms with Gasteiger partial charge in [0.05, 0.1) is 29.2 Å². The molecule has 3 N–H and O–H groups in total. The zero-order valence-electron chi connectivity index (χ0n) is 14.7. The Balaban J connectivity index is 1.68. The summed E-state index contributed by atoms with van der Waals surface area (Å²) in [4.78, 5) is 4.82. The number of benzene rings is 2. The Bertz CT molecular complexity index is 935. The summed E-state index contributed by atoms with van der Waals surface area (Å²) in [6.07, 6.45) is 4.57. The molecule has 1 fully saturated rings. The molecule has 1 aliphatic carbocycles. The van der Waals surface area contributed by atoms with Crippen molar-refractivity contribution in [2.45, 2.75) is 44.3 Å². The van der Waals surface area contributed by atoms with Crippen molar-refractivity contribution in [3.63, 3.8) is 0 Å². The summed E-state index contributed by atoms with van der Waals surface area (Å²) >= 11 is 0. The predicted octanol–water partition coefficient (Wildman–Crippen LogP) is 3.64. The van der Waals surface area contributed by atoms with E-state index < -0.39 is 0 Å². The van der Waals surface area contributed by atoms with Gasteiger partial charge < -0.3 is 15.6 Å². The SMILES string of the molecule is N#Cc1ccc(Cn2c(N[C@@H]3CCCC[C@H]3N)nc3ccccc32)cc1. The van der Waals surface area contributed by atoms with E-state index >= 15 is 0 Å². The van der Waals surface area contributed by atoms with Crippen LogP contribution in [-0.2, 0) is 6.54 Å². The number of para-hydroxylation sites is 2. The summed E-state index contributed by atoms with van der Waals surface area (Å²) in [6.45, 7) is 0.705. The first-order valence-corrected chi connectivity index (χ1v) is 9.21. The van der Waals surface area contributed by atoms with Gasteiger partial charge in [0.2, 0.25) is 5.95 Å². The molecule has 4 rings (SSSR count). The molecule has 1 aromatic heterocycles. The molecule has 1 heterocycles. The molecule has 26 heavy (non-hydrogen) atoms. The molecule has 2 atom stereocenters. The van der Waals surface area contributed by atoms with Crippen LogP contribution in [0.5, 0.6) is 0 Å². The standard InChI is InChI=1S/C21H23N5/c22-13-15-9-11-16(12-10-15)14-26-20-8-4-3-7-19(20)25-21(26)24-18-6-2-1-5-17(18)23/h3-4,7-12,17-18H,1-2,5-6,14,23H2,(H,24,25)/t17-,18-/m1/s1. The van der Waals surface area contributed by atoms with Gasteiger partial charge in [0, 0.05) is 12.1 Å². The van der Waals surface area contributed by atoms with E-state index in [0.717, 1.165) is 35.4 Å². The van der Waals surface area contributed by atoms with Crippen molar-refractivity contribution in [2.24, 2.45) is 5.73 Å². The van der Waals surface area contributed by atoms with Gasteiger partial charge in [-0.15, -0.1) is 0 Å². The van der Waals surface area contributed by atoms with E-state index in [2.05, 4.69) is 22.0 Å². The first kappa shape index (κ1) is 16.6. The van der Waals surface area contributed by atoms with E-state index in [1.54, 1.807) is 0 Å². The summed E-state index contributed by atoms with van der Waals surface area (Å²) < 4.78 is 2.21. The quantitative estimate of drug-likeness (QED) is 0.756. The second kappa shape index (κ2) is 7.19. The molecule has 1 saturated carbocycles. The second-order valence-electron chi connectivity index (χ2n) is 7.02. The fraction of sp³-hybridized carbons (Fsp3) is 0.333. The third-order valence-corrected chi connectivity index (χ3v) is 5.21. The number of fused-ring (bicyclic) bond motifs is 1. The highest BCUT2D eigenvalue weighted by molar-refractivity contribution is 5.78. The number of nitrogens with two attached hydrogens (primary N) is 1. The van der Waals surface area contributed by atoms with Crippen molar-refractivity contribution in [2.75, 3.05) is 5.32 Å². The molecule has 132 valence electrons. The van der Waals surface area contributed by atoms with Crippen molar-refractivity contribution < 1.29 is 0 Å². The zero-order chi connectivity index (χ0) is 17.9. The van der Waals surface area contributed by atoms with E-state index in [1.165, 1.54) is 12.8 Å². The number of nitrogens with one attached hydrogen (secondary N) is 1. The number of imidazole rings is 1. The summed E-state index contributed by atoms with van der Waals surface area (Å²) in [6, 6.07) is 18.5. The van der Waals surface area contributed by atoms with Gasteiger partial charge >= 0.3 is 0 Å². The lowest BCUT2D eigenvalue weighted by molar-refractivity contribution is 0.401. The van der Waals surface area contributed by atoms with Crippen LogP contribution in [-0.4, -0.2) is 21.6 Å². The van der Waals surface area contributed by atoms with Gasteiger partial charge in [-0.1, -0.05) is 37.1 Å². The summed E-state index contributed by atoms with van der Waals surface area (Å²) in [5.74, 6) is 0.873. The number of aromatic nitrogens is 2. The number of anilines is 1. The topological polar surface area (TPSA) is 79.7 Å². The Kier molecular flexibility index (Phi) is 4.59. The molecule has 0 radical (unpaired) electrons. The number of rotatable bonds is 4. The van der Waals surface area contributed by atoms with E-state index in [-0.39, 0.29) is 12.1 Å². The molecule has 0 bridgehead atoms. The van der Waals surface area contributed by atoms with Crippen molar-refractivity contribution in [1.82, 2.24) is 9.55 Å². The molecule has 0 unspecified atom stereocenters. The highest BCUT2D eigenvalue weighted by atomic mass is 15.2. The van der Waals surface area contributed by atoms with E-state index in [0.29, 0.717) is 12.1 Å². The normalized spacial score (nSPS) is 20.0. The molecule has 5 heteroatoms. The van der Waals surface area contributed by atoms with Crippen molar-refractivity contribution in [1.29, 1.82) is 5.26 Å². The van der Waals surface area contributed by atoms with Gasteiger partial charge in [-0.2, -0.15) is 5.26 Å². The number of hydrogen-bond acceptors (Lipinski definition) is 4. The Labute approximate surface area is 153 Å². The summed E-state index contributed by atoms with van der Waals surface area (Å²) in [5.41, 5.74) is 10.2. The van der Waals surface area contributed by atoms with Crippen LogP contribution in [0.3, 0.4) is 0 Å². The molecule has 0 saturated heterocycles. The summed E-state index contributed by atoms with van der Waals surface area (Å²) in [7, 11) is 0. The number of nitriles is 1. The lowest BCUT2D eigenvalue weighted by Crippen LogP contribution is -2.43. The first-order chi connectivity index (χ1) is 12.7. The monoisotopic (exact) mass is 345 g/mol. The highest BCUT2D eigenvalue weighted by Gasteiger charge is 2.23. The maximum Gasteiger partial charge on any atom is 0.204 e. The van der Waals surface area contributed by atoms with Crippen LogP contribution in [0.2, 0.25) is 0 Å².